The van der Waals surface area contributed by atoms with Crippen LogP contribution in [0, 0.1) is 0 Å². The van der Waals surface area contributed by atoms with Gasteiger partial charge in [0.2, 0.25) is 0 Å². The summed E-state index contributed by atoms with van der Waals surface area (Å²) in [6, 6.07) is 83.8. The molecule has 0 heteroatoms. The van der Waals surface area contributed by atoms with Crippen LogP contribution in [0.3, 0.4) is 0 Å². The molecule has 0 saturated heterocycles. The van der Waals surface area contributed by atoms with Crippen LogP contribution >= 0.6 is 0 Å². The molecular weight excluding hydrogens is 601 g/mol. The summed E-state index contributed by atoms with van der Waals surface area (Å²) >= 11 is 0. The Morgan fingerprint density at radius 2 is 0.320 bits per heavy atom. The van der Waals surface area contributed by atoms with Gasteiger partial charge in [-0.25, -0.2) is 0 Å². The van der Waals surface area contributed by atoms with Crippen molar-refractivity contribution in [3.05, 3.63) is 275 Å². The summed E-state index contributed by atoms with van der Waals surface area (Å²) in [5.74, 6) is 0. The first-order chi connectivity index (χ1) is 24.8. The summed E-state index contributed by atoms with van der Waals surface area (Å²) in [6.07, 6.45) is 0. The molecule has 0 radical (unpaired) electrons. The molecule has 8 rings (SSSR count). The molecule has 0 N–H and O–H groups in total. The normalized spacial score (nSPS) is 11.6. The Morgan fingerprint density at radius 1 is 0.160 bits per heavy atom. The molecule has 0 amide bonds. The second-order valence-corrected chi connectivity index (χ2v) is 12.9. The Labute approximate surface area is 296 Å². The fourth-order valence-electron chi connectivity index (χ4n) is 7.95. The van der Waals surface area contributed by atoms with E-state index in [9.17, 15) is 0 Å². The van der Waals surface area contributed by atoms with Crippen LogP contribution < -0.4 is 0 Å². The van der Waals surface area contributed by atoms with Crippen LogP contribution in [0.4, 0.5) is 0 Å². The molecule has 0 atom stereocenters. The van der Waals surface area contributed by atoms with E-state index in [0.717, 1.165) is 0 Å². The van der Waals surface area contributed by atoms with Gasteiger partial charge in [0.25, 0.3) is 0 Å². The molecule has 0 fully saturated rings. The number of hydrogen-bond acceptors (Lipinski definition) is 0. The minimum Gasteiger partial charge on any atom is -0.0622 e. The van der Waals surface area contributed by atoms with Crippen molar-refractivity contribution in [2.75, 3.05) is 0 Å². The first kappa shape index (κ1) is 31.1. The Morgan fingerprint density at radius 3 is 0.500 bits per heavy atom. The van der Waals surface area contributed by atoms with Crippen LogP contribution in [-0.4, -0.2) is 0 Å². The second kappa shape index (κ2) is 13.7. The quantitative estimate of drug-likeness (QED) is 0.138. The lowest BCUT2D eigenvalue weighted by molar-refractivity contribution is 0.744. The SMILES string of the molecule is c1ccc(C(c2ccccc2)(c2ccccc2)c2ccc(-c3ccc(C(c4ccccc4)(c4ccccc4)c4ccccc4)cc3)cc2)cc1. The molecule has 0 unspecified atom stereocenters. The minimum atomic E-state index is -0.465. The molecule has 50 heavy (non-hydrogen) atoms. The van der Waals surface area contributed by atoms with Crippen molar-refractivity contribution in [2.24, 2.45) is 0 Å². The molecule has 0 nitrogen and oxygen atoms in total. The fourth-order valence-corrected chi connectivity index (χ4v) is 7.95. The van der Waals surface area contributed by atoms with Gasteiger partial charge in [-0.2, -0.15) is 0 Å². The van der Waals surface area contributed by atoms with Crippen molar-refractivity contribution in [1.29, 1.82) is 0 Å². The minimum absolute atomic E-state index is 0.465. The largest absolute Gasteiger partial charge is 0.0701 e. The molecule has 0 bridgehead atoms. The molecular formula is C50H38. The molecule has 0 heterocycles. The van der Waals surface area contributed by atoms with Crippen LogP contribution in [0.2, 0.25) is 0 Å². The first-order valence-corrected chi connectivity index (χ1v) is 17.4. The average molecular weight is 639 g/mol. The van der Waals surface area contributed by atoms with Crippen molar-refractivity contribution in [2.45, 2.75) is 10.8 Å². The third kappa shape index (κ3) is 5.36. The Balaban J connectivity index is 1.25. The second-order valence-electron chi connectivity index (χ2n) is 12.9. The zero-order valence-electron chi connectivity index (χ0n) is 27.9. The summed E-state index contributed by atoms with van der Waals surface area (Å²) in [4.78, 5) is 0. The Hall–Kier alpha value is -6.24. The lowest BCUT2D eigenvalue weighted by Gasteiger charge is -2.37. The maximum atomic E-state index is 2.32. The van der Waals surface area contributed by atoms with E-state index < -0.39 is 10.8 Å². The van der Waals surface area contributed by atoms with E-state index in [2.05, 4.69) is 231 Å². The number of benzene rings is 8. The first-order valence-electron chi connectivity index (χ1n) is 17.4. The summed E-state index contributed by atoms with van der Waals surface area (Å²) in [5.41, 5.74) is 11.4. The molecule has 0 aromatic heterocycles. The van der Waals surface area contributed by atoms with Crippen LogP contribution in [0.5, 0.6) is 0 Å². The fraction of sp³-hybridized carbons (Fsp3) is 0.0400. The summed E-state index contributed by atoms with van der Waals surface area (Å²) in [7, 11) is 0. The molecule has 0 saturated carbocycles. The van der Waals surface area contributed by atoms with Gasteiger partial charge < -0.3 is 0 Å². The molecule has 8 aromatic rings. The Bertz CT molecular complexity index is 1880. The molecule has 238 valence electrons. The van der Waals surface area contributed by atoms with Gasteiger partial charge in [-0.15, -0.1) is 0 Å². The molecule has 0 aliphatic carbocycles. The van der Waals surface area contributed by atoms with Gasteiger partial charge in [0.15, 0.2) is 0 Å². The summed E-state index contributed by atoms with van der Waals surface area (Å²) in [6.45, 7) is 0. The van der Waals surface area contributed by atoms with Gasteiger partial charge in [-0.05, 0) is 55.6 Å². The van der Waals surface area contributed by atoms with Gasteiger partial charge in [0.05, 0.1) is 10.8 Å². The Kier molecular flexibility index (Phi) is 8.51. The highest BCUT2D eigenvalue weighted by molar-refractivity contribution is 5.69. The summed E-state index contributed by atoms with van der Waals surface area (Å²) < 4.78 is 0. The van der Waals surface area contributed by atoms with E-state index in [-0.39, 0.29) is 0 Å². The van der Waals surface area contributed by atoms with Crippen LogP contribution in [0.1, 0.15) is 44.5 Å². The van der Waals surface area contributed by atoms with Crippen LogP contribution in [0.15, 0.2) is 231 Å². The highest BCUT2D eigenvalue weighted by Gasteiger charge is 2.39. The smallest absolute Gasteiger partial charge is 0.0622 e. The van der Waals surface area contributed by atoms with E-state index >= 15 is 0 Å². The van der Waals surface area contributed by atoms with E-state index in [1.807, 2.05) is 0 Å². The molecule has 0 spiro atoms. The van der Waals surface area contributed by atoms with Crippen molar-refractivity contribution in [3.63, 3.8) is 0 Å². The maximum Gasteiger partial charge on any atom is 0.0701 e. The standard InChI is InChI=1S/C50H38/c1-7-19-41(20-8-1)49(42-21-9-2-10-22-42,43-23-11-3-12-24-43)47-35-31-39(32-36-47)40-33-37-48(38-34-40)50(44-25-13-4-14-26-44,45-27-15-5-16-28-45)46-29-17-6-18-30-46/h1-38H. The topological polar surface area (TPSA) is 0 Å². The van der Waals surface area contributed by atoms with Gasteiger partial charge in [0.1, 0.15) is 0 Å². The van der Waals surface area contributed by atoms with Crippen molar-refractivity contribution < 1.29 is 0 Å². The van der Waals surface area contributed by atoms with Crippen molar-refractivity contribution >= 4 is 0 Å². The molecule has 8 aromatic carbocycles. The van der Waals surface area contributed by atoms with Gasteiger partial charge >= 0.3 is 0 Å². The summed E-state index contributed by atoms with van der Waals surface area (Å²) in [5, 5.41) is 0. The van der Waals surface area contributed by atoms with Crippen molar-refractivity contribution in [1.82, 2.24) is 0 Å². The van der Waals surface area contributed by atoms with E-state index in [0.29, 0.717) is 0 Å². The highest BCUT2D eigenvalue weighted by atomic mass is 14.4. The number of rotatable bonds is 9. The third-order valence-corrected chi connectivity index (χ3v) is 10.2. The highest BCUT2D eigenvalue weighted by Crippen LogP contribution is 2.47. The van der Waals surface area contributed by atoms with Gasteiger partial charge in [-0.1, -0.05) is 231 Å². The van der Waals surface area contributed by atoms with Crippen LogP contribution in [0.25, 0.3) is 11.1 Å². The average Bonchev–Trinajstić information content (AvgIpc) is 3.22. The van der Waals surface area contributed by atoms with Gasteiger partial charge in [-0.3, -0.25) is 0 Å². The van der Waals surface area contributed by atoms with Crippen LogP contribution in [-0.2, 0) is 10.8 Å². The van der Waals surface area contributed by atoms with E-state index in [1.165, 1.54) is 55.6 Å². The van der Waals surface area contributed by atoms with Crippen molar-refractivity contribution in [3.8, 4) is 11.1 Å². The maximum absolute atomic E-state index is 2.32. The zero-order valence-corrected chi connectivity index (χ0v) is 27.9. The molecule has 0 aliphatic rings. The van der Waals surface area contributed by atoms with E-state index in [1.54, 1.807) is 0 Å². The monoisotopic (exact) mass is 638 g/mol. The van der Waals surface area contributed by atoms with E-state index in [4.69, 9.17) is 0 Å². The lowest BCUT2D eigenvalue weighted by atomic mass is 9.65. The zero-order chi connectivity index (χ0) is 33.6. The lowest BCUT2D eigenvalue weighted by Crippen LogP contribution is -2.31. The predicted molar refractivity (Wildman–Crippen MR) is 208 cm³/mol. The molecule has 0 aliphatic heterocycles. The van der Waals surface area contributed by atoms with Gasteiger partial charge in [0, 0.05) is 0 Å². The predicted octanol–water partition coefficient (Wildman–Crippen LogP) is 12.1. The third-order valence-electron chi connectivity index (χ3n) is 10.2. The number of hydrogen-bond donors (Lipinski definition) is 0.